The lowest BCUT2D eigenvalue weighted by Gasteiger charge is -2.43. The van der Waals surface area contributed by atoms with Crippen molar-refractivity contribution in [3.05, 3.63) is 12.3 Å². The van der Waals surface area contributed by atoms with Gasteiger partial charge in [0.15, 0.2) is 0 Å². The summed E-state index contributed by atoms with van der Waals surface area (Å²) in [5, 5.41) is 7.40. The van der Waals surface area contributed by atoms with Crippen LogP contribution in [-0.4, -0.2) is 21.7 Å². The Morgan fingerprint density at radius 1 is 1.39 bits per heavy atom. The molecule has 1 aromatic heterocycles. The van der Waals surface area contributed by atoms with Crippen molar-refractivity contribution in [2.45, 2.75) is 58.5 Å². The highest BCUT2D eigenvalue weighted by molar-refractivity contribution is 5.91. The van der Waals surface area contributed by atoms with Crippen molar-refractivity contribution in [3.8, 4) is 0 Å². The highest BCUT2D eigenvalue weighted by Gasteiger charge is 2.40. The molecule has 6 heteroatoms. The van der Waals surface area contributed by atoms with E-state index in [2.05, 4.69) is 24.3 Å². The largest absolute Gasteiger partial charge is 0.327 e. The maximum Gasteiger partial charge on any atom is 0.228 e. The zero-order valence-corrected chi connectivity index (χ0v) is 14.9. The number of hydrogen-bond donors (Lipinski definition) is 2. The number of amides is 1. The van der Waals surface area contributed by atoms with E-state index >= 15 is 0 Å². The maximum atomic E-state index is 12.6. The van der Waals surface area contributed by atoms with Crippen LogP contribution in [0.2, 0.25) is 0 Å². The lowest BCUT2D eigenvalue weighted by molar-refractivity contribution is -0.122. The van der Waals surface area contributed by atoms with Crippen molar-refractivity contribution in [2.75, 3.05) is 5.32 Å². The van der Waals surface area contributed by atoms with E-state index < -0.39 is 0 Å². The van der Waals surface area contributed by atoms with Gasteiger partial charge >= 0.3 is 0 Å². The van der Waals surface area contributed by atoms with Crippen LogP contribution in [0, 0.1) is 23.7 Å². The third kappa shape index (κ3) is 4.07. The molecule has 3 N–H and O–H groups in total. The first-order valence-electron chi connectivity index (χ1n) is 8.63. The topological polar surface area (TPSA) is 72.9 Å². The van der Waals surface area contributed by atoms with E-state index in [0.717, 1.165) is 25.2 Å². The molecule has 2 saturated carbocycles. The Kier molecular flexibility index (Phi) is 6.09. The summed E-state index contributed by atoms with van der Waals surface area (Å²) < 4.78 is 1.89. The van der Waals surface area contributed by atoms with Gasteiger partial charge in [0.2, 0.25) is 5.91 Å². The van der Waals surface area contributed by atoms with Gasteiger partial charge in [-0.25, -0.2) is 4.68 Å². The first-order valence-corrected chi connectivity index (χ1v) is 8.63. The lowest BCUT2D eigenvalue weighted by Crippen LogP contribution is -2.48. The molecule has 0 spiro atoms. The smallest absolute Gasteiger partial charge is 0.228 e. The number of aromatic nitrogens is 2. The van der Waals surface area contributed by atoms with Gasteiger partial charge in [0, 0.05) is 24.6 Å². The molecular formula is C17H29ClN4O. The Bertz CT molecular complexity index is 516. The zero-order chi connectivity index (χ0) is 15.7. The molecule has 1 aromatic rings. The van der Waals surface area contributed by atoms with Crippen LogP contribution >= 0.6 is 12.4 Å². The molecule has 1 amide bonds. The van der Waals surface area contributed by atoms with Gasteiger partial charge in [-0.1, -0.05) is 20.3 Å². The average Bonchev–Trinajstić information content (AvgIpc) is 2.84. The van der Waals surface area contributed by atoms with Crippen molar-refractivity contribution < 1.29 is 4.79 Å². The summed E-state index contributed by atoms with van der Waals surface area (Å²) in [7, 11) is 0. The average molecular weight is 341 g/mol. The van der Waals surface area contributed by atoms with Gasteiger partial charge in [0.05, 0.1) is 6.20 Å². The summed E-state index contributed by atoms with van der Waals surface area (Å²) in [6.45, 7) is 5.12. The summed E-state index contributed by atoms with van der Waals surface area (Å²) in [5.41, 5.74) is 6.32. The predicted octanol–water partition coefficient (Wildman–Crippen LogP) is 3.05. The van der Waals surface area contributed by atoms with Gasteiger partial charge in [-0.3, -0.25) is 4.79 Å². The second-order valence-corrected chi connectivity index (χ2v) is 7.48. The van der Waals surface area contributed by atoms with E-state index in [1.807, 2.05) is 10.7 Å². The van der Waals surface area contributed by atoms with Crippen LogP contribution in [0.5, 0.6) is 0 Å². The van der Waals surface area contributed by atoms with E-state index in [1.54, 1.807) is 6.20 Å². The Morgan fingerprint density at radius 3 is 2.65 bits per heavy atom. The lowest BCUT2D eigenvalue weighted by atomic mass is 9.65. The van der Waals surface area contributed by atoms with Gasteiger partial charge in [0.25, 0.3) is 0 Å². The highest BCUT2D eigenvalue weighted by atomic mass is 35.5. The van der Waals surface area contributed by atoms with Crippen molar-refractivity contribution in [1.82, 2.24) is 9.78 Å². The number of nitrogens with one attached hydrogen (secondary N) is 1. The molecule has 3 rings (SSSR count). The molecule has 0 aliphatic heterocycles. The third-order valence-electron chi connectivity index (χ3n) is 5.29. The number of fused-ring (bicyclic) bond motifs is 2. The molecule has 2 bridgehead atoms. The number of nitrogens with zero attached hydrogens (tertiary/aromatic N) is 2. The minimum Gasteiger partial charge on any atom is -0.327 e. The first kappa shape index (κ1) is 18.3. The Hall–Kier alpha value is -1.07. The van der Waals surface area contributed by atoms with Crippen LogP contribution < -0.4 is 11.1 Å². The number of hydrogen-bond acceptors (Lipinski definition) is 3. The van der Waals surface area contributed by atoms with Crippen LogP contribution in [0.4, 0.5) is 5.82 Å². The quantitative estimate of drug-likeness (QED) is 0.884. The Morgan fingerprint density at radius 2 is 2.04 bits per heavy atom. The van der Waals surface area contributed by atoms with Crippen LogP contribution in [0.25, 0.3) is 0 Å². The molecule has 0 saturated heterocycles. The van der Waals surface area contributed by atoms with Crippen molar-refractivity contribution in [2.24, 2.45) is 29.4 Å². The monoisotopic (exact) mass is 340 g/mol. The molecule has 2 aliphatic carbocycles. The van der Waals surface area contributed by atoms with Crippen molar-refractivity contribution in [3.63, 3.8) is 0 Å². The predicted molar refractivity (Wildman–Crippen MR) is 94.5 cm³/mol. The van der Waals surface area contributed by atoms with Crippen LogP contribution in [0.3, 0.4) is 0 Å². The van der Waals surface area contributed by atoms with Crippen LogP contribution in [0.15, 0.2) is 12.3 Å². The number of anilines is 1. The second kappa shape index (κ2) is 7.67. The fourth-order valence-corrected chi connectivity index (χ4v) is 4.16. The van der Waals surface area contributed by atoms with E-state index in [9.17, 15) is 4.79 Å². The Labute approximate surface area is 144 Å². The maximum absolute atomic E-state index is 12.6. The van der Waals surface area contributed by atoms with Gasteiger partial charge in [-0.2, -0.15) is 5.10 Å². The number of rotatable bonds is 4. The number of nitrogens with two attached hydrogens (primary N) is 1. The second-order valence-electron chi connectivity index (χ2n) is 7.48. The molecule has 2 unspecified atom stereocenters. The molecule has 2 aliphatic rings. The minimum atomic E-state index is 0. The summed E-state index contributed by atoms with van der Waals surface area (Å²) in [5.74, 6) is 2.64. The molecule has 0 aromatic carbocycles. The fraction of sp³-hybridized carbons (Fsp3) is 0.765. The summed E-state index contributed by atoms with van der Waals surface area (Å²) in [6, 6.07) is 2.19. The van der Waals surface area contributed by atoms with Crippen molar-refractivity contribution >= 4 is 24.1 Å². The molecule has 2 atom stereocenters. The Balaban J connectivity index is 0.00000192. The molecular weight excluding hydrogens is 312 g/mol. The molecule has 2 fully saturated rings. The van der Waals surface area contributed by atoms with Crippen LogP contribution in [0.1, 0.15) is 46.0 Å². The van der Waals surface area contributed by atoms with E-state index in [0.29, 0.717) is 23.8 Å². The third-order valence-corrected chi connectivity index (χ3v) is 5.29. The molecule has 5 nitrogen and oxygen atoms in total. The van der Waals surface area contributed by atoms with Gasteiger partial charge < -0.3 is 11.1 Å². The van der Waals surface area contributed by atoms with E-state index in [4.69, 9.17) is 5.73 Å². The standard InChI is InChI=1S/C17H28N4O.ClH/c1-11(2)10-21-15(6-7-19-21)20-17(22)14-8-12-4-3-5-13(9-14)16(12)18;/h6-7,11-14,16H,3-5,8-10,18H2,1-2H3,(H,20,22);1H. The van der Waals surface area contributed by atoms with E-state index in [-0.39, 0.29) is 24.2 Å². The van der Waals surface area contributed by atoms with Crippen molar-refractivity contribution in [1.29, 1.82) is 0 Å². The first-order chi connectivity index (χ1) is 10.5. The molecule has 0 radical (unpaired) electrons. The summed E-state index contributed by atoms with van der Waals surface area (Å²) in [4.78, 5) is 12.6. The minimum absolute atomic E-state index is 0. The molecule has 130 valence electrons. The molecule has 23 heavy (non-hydrogen) atoms. The van der Waals surface area contributed by atoms with Gasteiger partial charge in [-0.15, -0.1) is 12.4 Å². The van der Waals surface area contributed by atoms with Gasteiger partial charge in [0.1, 0.15) is 5.82 Å². The fourth-order valence-electron chi connectivity index (χ4n) is 4.16. The van der Waals surface area contributed by atoms with Crippen LogP contribution in [-0.2, 0) is 11.3 Å². The van der Waals surface area contributed by atoms with Gasteiger partial charge in [-0.05, 0) is 43.4 Å². The SMILES string of the molecule is CC(C)Cn1nccc1NC(=O)C1CC2CCCC(C1)C2N.Cl. The summed E-state index contributed by atoms with van der Waals surface area (Å²) in [6.07, 6.45) is 7.30. The highest BCUT2D eigenvalue weighted by Crippen LogP contribution is 2.42. The number of carbonyl (C=O) groups excluding carboxylic acids is 1. The molecule has 1 heterocycles. The number of carbonyl (C=O) groups is 1. The van der Waals surface area contributed by atoms with E-state index in [1.165, 1.54) is 19.3 Å². The zero-order valence-electron chi connectivity index (χ0n) is 14.1. The summed E-state index contributed by atoms with van der Waals surface area (Å²) >= 11 is 0. The number of halogens is 1. The normalized spacial score (nSPS) is 29.9.